The zero-order valence-corrected chi connectivity index (χ0v) is 9.29. The molecule has 0 aliphatic carbocycles. The van der Waals surface area contributed by atoms with Crippen molar-refractivity contribution in [3.63, 3.8) is 0 Å². The van der Waals surface area contributed by atoms with Gasteiger partial charge >= 0.3 is 5.51 Å². The van der Waals surface area contributed by atoms with Gasteiger partial charge in [-0.1, -0.05) is 6.07 Å². The van der Waals surface area contributed by atoms with Crippen molar-refractivity contribution in [2.75, 3.05) is 5.43 Å². The quantitative estimate of drug-likeness (QED) is 0.637. The maximum absolute atomic E-state index is 12.1. The van der Waals surface area contributed by atoms with E-state index in [-0.39, 0.29) is 18.1 Å². The molecule has 0 aromatic heterocycles. The van der Waals surface area contributed by atoms with Gasteiger partial charge in [-0.05, 0) is 18.2 Å². The van der Waals surface area contributed by atoms with Crippen LogP contribution >= 0.6 is 12.4 Å². The standard InChI is InChI=1S/C7H7F3N2O2S.ClH/c8-7(9,10)15(13,14)6-3-1-2-5(4-6)12-11;/h1-4,12H,11H2;1H. The van der Waals surface area contributed by atoms with Crippen LogP contribution in [-0.4, -0.2) is 13.9 Å². The van der Waals surface area contributed by atoms with E-state index in [2.05, 4.69) is 5.43 Å². The van der Waals surface area contributed by atoms with E-state index in [0.29, 0.717) is 0 Å². The largest absolute Gasteiger partial charge is 0.501 e. The van der Waals surface area contributed by atoms with E-state index in [1.807, 2.05) is 0 Å². The van der Waals surface area contributed by atoms with Gasteiger partial charge in [0.25, 0.3) is 9.84 Å². The zero-order chi connectivity index (χ0) is 11.7. The molecular formula is C7H8ClF3N2O2S. The van der Waals surface area contributed by atoms with Crippen molar-refractivity contribution < 1.29 is 21.6 Å². The van der Waals surface area contributed by atoms with Gasteiger partial charge in [0.2, 0.25) is 0 Å². The molecule has 0 aliphatic rings. The number of anilines is 1. The molecule has 16 heavy (non-hydrogen) atoms. The number of alkyl halides is 3. The fourth-order valence-electron chi connectivity index (χ4n) is 0.887. The van der Waals surface area contributed by atoms with Crippen molar-refractivity contribution >= 4 is 27.9 Å². The third kappa shape index (κ3) is 2.77. The molecule has 0 heterocycles. The molecule has 4 nitrogen and oxygen atoms in total. The predicted molar refractivity (Wildman–Crippen MR) is 54.7 cm³/mol. The summed E-state index contributed by atoms with van der Waals surface area (Å²) in [5.74, 6) is 4.94. The minimum absolute atomic E-state index is 0. The van der Waals surface area contributed by atoms with Crippen molar-refractivity contribution in [2.45, 2.75) is 10.4 Å². The number of benzene rings is 1. The second-order valence-electron chi connectivity index (χ2n) is 2.62. The first-order chi connectivity index (χ1) is 6.79. The lowest BCUT2D eigenvalue weighted by molar-refractivity contribution is -0.0435. The third-order valence-electron chi connectivity index (χ3n) is 1.62. The summed E-state index contributed by atoms with van der Waals surface area (Å²) in [5.41, 5.74) is -3.16. The monoisotopic (exact) mass is 276 g/mol. The molecule has 9 heteroatoms. The molecule has 0 amide bonds. The van der Waals surface area contributed by atoms with Gasteiger partial charge in [0, 0.05) is 5.69 Å². The molecule has 0 fully saturated rings. The number of rotatable bonds is 2. The van der Waals surface area contributed by atoms with E-state index in [1.54, 1.807) is 0 Å². The van der Waals surface area contributed by atoms with Crippen molar-refractivity contribution in [2.24, 2.45) is 5.84 Å². The smallest absolute Gasteiger partial charge is 0.324 e. The average Bonchev–Trinajstić information content (AvgIpc) is 2.16. The van der Waals surface area contributed by atoms with Gasteiger partial charge in [-0.25, -0.2) is 8.42 Å². The highest BCUT2D eigenvalue weighted by Crippen LogP contribution is 2.30. The van der Waals surface area contributed by atoms with Gasteiger partial charge < -0.3 is 5.43 Å². The molecule has 0 bridgehead atoms. The van der Waals surface area contributed by atoms with Gasteiger partial charge in [0.1, 0.15) is 0 Å². The molecule has 1 aromatic rings. The van der Waals surface area contributed by atoms with Crippen molar-refractivity contribution in [1.29, 1.82) is 0 Å². The summed E-state index contributed by atoms with van der Waals surface area (Å²) < 4.78 is 58.2. The van der Waals surface area contributed by atoms with E-state index < -0.39 is 20.2 Å². The van der Waals surface area contributed by atoms with E-state index >= 15 is 0 Å². The lowest BCUT2D eigenvalue weighted by atomic mass is 10.3. The van der Waals surface area contributed by atoms with Gasteiger partial charge in [-0.2, -0.15) is 13.2 Å². The van der Waals surface area contributed by atoms with Crippen LogP contribution in [0.25, 0.3) is 0 Å². The van der Waals surface area contributed by atoms with Crippen LogP contribution in [0.4, 0.5) is 18.9 Å². The number of hydrogen-bond donors (Lipinski definition) is 2. The molecule has 0 saturated carbocycles. The summed E-state index contributed by atoms with van der Waals surface area (Å²) in [4.78, 5) is -0.842. The fourth-order valence-corrected chi connectivity index (χ4v) is 1.69. The molecule has 0 aliphatic heterocycles. The molecule has 0 radical (unpaired) electrons. The summed E-state index contributed by atoms with van der Waals surface area (Å²) in [5, 5.41) is 0. The molecule has 1 aromatic carbocycles. The Kier molecular flexibility index (Phi) is 4.59. The first-order valence-electron chi connectivity index (χ1n) is 3.67. The van der Waals surface area contributed by atoms with Crippen LogP contribution in [0, 0.1) is 0 Å². The third-order valence-corrected chi connectivity index (χ3v) is 3.10. The average molecular weight is 277 g/mol. The zero-order valence-electron chi connectivity index (χ0n) is 7.65. The number of nitrogen functional groups attached to an aromatic ring is 1. The second-order valence-corrected chi connectivity index (χ2v) is 4.56. The Morgan fingerprint density at radius 1 is 1.25 bits per heavy atom. The highest BCUT2D eigenvalue weighted by molar-refractivity contribution is 7.92. The molecule has 0 atom stereocenters. The molecule has 92 valence electrons. The van der Waals surface area contributed by atoms with Crippen LogP contribution in [0.15, 0.2) is 29.2 Å². The maximum atomic E-state index is 12.1. The second kappa shape index (κ2) is 4.89. The topological polar surface area (TPSA) is 72.2 Å². The van der Waals surface area contributed by atoms with Gasteiger partial charge in [0.15, 0.2) is 0 Å². The van der Waals surface area contributed by atoms with Crippen LogP contribution in [-0.2, 0) is 9.84 Å². The normalized spacial score (nSPS) is 11.8. The Labute approximate surface area is 95.9 Å². The van der Waals surface area contributed by atoms with Gasteiger partial charge in [-0.15, -0.1) is 12.4 Å². The Morgan fingerprint density at radius 3 is 2.25 bits per heavy atom. The number of sulfone groups is 1. The summed E-state index contributed by atoms with van der Waals surface area (Å²) >= 11 is 0. The molecule has 0 spiro atoms. The Hall–Kier alpha value is -0.990. The highest BCUT2D eigenvalue weighted by atomic mass is 35.5. The number of hydrogen-bond acceptors (Lipinski definition) is 4. The molecular weight excluding hydrogens is 269 g/mol. The minimum atomic E-state index is -5.31. The van der Waals surface area contributed by atoms with Crippen LogP contribution in [0.5, 0.6) is 0 Å². The molecule has 0 unspecified atom stereocenters. The van der Waals surface area contributed by atoms with E-state index in [9.17, 15) is 21.6 Å². The number of nitrogens with one attached hydrogen (secondary N) is 1. The summed E-state index contributed by atoms with van der Waals surface area (Å²) in [6, 6.07) is 4.16. The predicted octanol–water partition coefficient (Wildman–Crippen LogP) is 1.69. The first kappa shape index (κ1) is 15.0. The van der Waals surface area contributed by atoms with Gasteiger partial charge in [0.05, 0.1) is 4.90 Å². The number of nitrogens with two attached hydrogens (primary N) is 1. The molecule has 0 saturated heterocycles. The van der Waals surface area contributed by atoms with E-state index in [0.717, 1.165) is 18.2 Å². The Morgan fingerprint density at radius 2 is 1.81 bits per heavy atom. The lowest BCUT2D eigenvalue weighted by Crippen LogP contribution is -2.23. The number of hydrazine groups is 1. The molecule has 1 rings (SSSR count). The number of halogens is 4. The van der Waals surface area contributed by atoms with Crippen LogP contribution in [0.3, 0.4) is 0 Å². The van der Waals surface area contributed by atoms with Crippen LogP contribution < -0.4 is 11.3 Å². The van der Waals surface area contributed by atoms with Crippen molar-refractivity contribution in [3.05, 3.63) is 24.3 Å². The Balaban J connectivity index is 0.00000225. The maximum Gasteiger partial charge on any atom is 0.501 e. The summed E-state index contributed by atoms with van der Waals surface area (Å²) in [6.07, 6.45) is 0. The van der Waals surface area contributed by atoms with Gasteiger partial charge in [-0.3, -0.25) is 5.84 Å². The first-order valence-corrected chi connectivity index (χ1v) is 5.15. The minimum Gasteiger partial charge on any atom is -0.324 e. The Bertz CT molecular complexity index is 461. The highest BCUT2D eigenvalue weighted by Gasteiger charge is 2.46. The van der Waals surface area contributed by atoms with Crippen molar-refractivity contribution in [1.82, 2.24) is 0 Å². The molecule has 3 N–H and O–H groups in total. The van der Waals surface area contributed by atoms with Crippen LogP contribution in [0.2, 0.25) is 0 Å². The SMILES string of the molecule is Cl.NNc1cccc(S(=O)(=O)C(F)(F)F)c1. The fraction of sp³-hybridized carbons (Fsp3) is 0.143. The lowest BCUT2D eigenvalue weighted by Gasteiger charge is -2.08. The van der Waals surface area contributed by atoms with E-state index in [1.165, 1.54) is 6.07 Å². The van der Waals surface area contributed by atoms with Crippen molar-refractivity contribution in [3.8, 4) is 0 Å². The van der Waals surface area contributed by atoms with E-state index in [4.69, 9.17) is 5.84 Å². The summed E-state index contributed by atoms with van der Waals surface area (Å²) in [6.45, 7) is 0. The summed E-state index contributed by atoms with van der Waals surface area (Å²) in [7, 11) is -5.30. The van der Waals surface area contributed by atoms with Crippen LogP contribution in [0.1, 0.15) is 0 Å².